The summed E-state index contributed by atoms with van der Waals surface area (Å²) in [7, 11) is -0.721. The van der Waals surface area contributed by atoms with E-state index in [9.17, 15) is 4.21 Å². The molecule has 0 saturated heterocycles. The Hall–Kier alpha value is -0.156. The second-order valence-corrected chi connectivity index (χ2v) is 23.7. The molecule has 164 valence electrons. The minimum atomic E-state index is -3.14. The first-order valence-electron chi connectivity index (χ1n) is 9.91. The van der Waals surface area contributed by atoms with Crippen molar-refractivity contribution in [2.24, 2.45) is 4.03 Å². The Labute approximate surface area is 179 Å². The Morgan fingerprint density at radius 3 is 2.04 bits per heavy atom. The van der Waals surface area contributed by atoms with Gasteiger partial charge in [-0.1, -0.05) is 41.5 Å². The van der Waals surface area contributed by atoms with Crippen LogP contribution in [0.2, 0.25) is 36.3 Å². The van der Waals surface area contributed by atoms with E-state index in [1.54, 1.807) is 0 Å². The first-order valence-corrected chi connectivity index (χ1v) is 18.1. The molecule has 1 atom stereocenters. The van der Waals surface area contributed by atoms with Crippen LogP contribution in [0.15, 0.2) is 15.3 Å². The van der Waals surface area contributed by atoms with Crippen LogP contribution in [0.25, 0.3) is 0 Å². The molecule has 0 saturated carbocycles. The first-order chi connectivity index (χ1) is 12.2. The molecule has 9 heteroatoms. The van der Waals surface area contributed by atoms with Crippen LogP contribution in [0.4, 0.5) is 0 Å². The summed E-state index contributed by atoms with van der Waals surface area (Å²) in [6, 6.07) is 0.139. The van der Waals surface area contributed by atoms with Gasteiger partial charge in [-0.3, -0.25) is 8.71 Å². The van der Waals surface area contributed by atoms with E-state index in [4.69, 9.17) is 19.1 Å². The van der Waals surface area contributed by atoms with Gasteiger partial charge < -0.3 is 4.43 Å². The van der Waals surface area contributed by atoms with E-state index in [1.165, 1.54) is 0 Å². The van der Waals surface area contributed by atoms with Gasteiger partial charge in [-0.05, 0) is 50.1 Å². The van der Waals surface area contributed by atoms with Gasteiger partial charge in [0.15, 0.2) is 30.5 Å². The third-order valence-corrected chi connectivity index (χ3v) is 18.9. The van der Waals surface area contributed by atoms with Crippen LogP contribution in [-0.4, -0.2) is 30.5 Å². The Morgan fingerprint density at radius 1 is 1.14 bits per heavy atom. The summed E-state index contributed by atoms with van der Waals surface area (Å²) in [5.41, 5.74) is 0.779. The van der Waals surface area contributed by atoms with Crippen molar-refractivity contribution >= 4 is 36.2 Å². The summed E-state index contributed by atoms with van der Waals surface area (Å²) in [6.45, 7) is 26.0. The normalized spacial score (nSPS) is 16.4. The van der Waals surface area contributed by atoms with Crippen LogP contribution in [-0.2, 0) is 20.0 Å². The van der Waals surface area contributed by atoms with Crippen LogP contribution in [0.5, 0.6) is 0 Å². The smallest absolute Gasteiger partial charge is 0.194 e. The number of rotatable bonds is 6. The lowest BCUT2D eigenvalue weighted by atomic mass is 10.2. The molecular formula is C19H40ClN3O2SSi2. The lowest BCUT2D eigenvalue weighted by Gasteiger charge is -2.36. The van der Waals surface area contributed by atoms with E-state index >= 15 is 0 Å². The Bertz CT molecular complexity index is 812. The summed E-state index contributed by atoms with van der Waals surface area (Å²) in [6.07, 6.45) is 1.91. The topological polar surface area (TPSA) is 56.5 Å². The van der Waals surface area contributed by atoms with Crippen LogP contribution in [0, 0.1) is 0 Å². The zero-order valence-corrected chi connectivity index (χ0v) is 23.4. The zero-order chi connectivity index (χ0) is 22.3. The molecule has 0 N–H and O–H groups in total. The molecule has 5 nitrogen and oxygen atoms in total. The minimum Gasteiger partial charge on any atom is -0.412 e. The molecular weight excluding hydrogens is 426 g/mol. The Kier molecular flexibility index (Phi) is 7.55. The third kappa shape index (κ3) is 5.93. The van der Waals surface area contributed by atoms with E-state index in [0.29, 0.717) is 11.6 Å². The molecule has 1 unspecified atom stereocenters. The summed E-state index contributed by atoms with van der Waals surface area (Å²) < 4.78 is 26.4. The molecule has 0 spiro atoms. The van der Waals surface area contributed by atoms with Crippen molar-refractivity contribution in [1.82, 2.24) is 9.78 Å². The predicted molar refractivity (Wildman–Crippen MR) is 126 cm³/mol. The van der Waals surface area contributed by atoms with Crippen molar-refractivity contribution in [3.63, 3.8) is 0 Å². The third-order valence-electron chi connectivity index (χ3n) is 6.11. The fourth-order valence-electron chi connectivity index (χ4n) is 1.94. The highest BCUT2D eigenvalue weighted by Gasteiger charge is 2.40. The van der Waals surface area contributed by atoms with Crippen LogP contribution in [0.1, 0.15) is 67.0 Å². The maximum Gasteiger partial charge on any atom is 0.194 e. The molecule has 0 aromatic carbocycles. The van der Waals surface area contributed by atoms with Crippen LogP contribution >= 0.6 is 10.7 Å². The molecule has 0 amide bonds. The molecule has 1 aromatic heterocycles. The van der Waals surface area contributed by atoms with Crippen molar-refractivity contribution in [3.05, 3.63) is 11.8 Å². The highest BCUT2D eigenvalue weighted by atomic mass is 35.7. The molecule has 0 aliphatic heterocycles. The molecule has 1 heterocycles. The molecule has 0 aliphatic carbocycles. The molecule has 1 aromatic rings. The second kappa shape index (κ2) is 8.17. The van der Waals surface area contributed by atoms with Gasteiger partial charge in [-0.15, -0.1) is 0 Å². The summed E-state index contributed by atoms with van der Waals surface area (Å²) >= 11 is 0. The van der Waals surface area contributed by atoms with Crippen molar-refractivity contribution in [1.29, 1.82) is 0 Å². The maximum absolute atomic E-state index is 13.5. The van der Waals surface area contributed by atoms with Gasteiger partial charge in [0.2, 0.25) is 0 Å². The highest BCUT2D eigenvalue weighted by Crippen LogP contribution is 2.40. The first kappa shape index (κ1) is 25.9. The summed E-state index contributed by atoms with van der Waals surface area (Å²) in [5.74, 6) is 0. The Morgan fingerprint density at radius 2 is 1.64 bits per heavy atom. The van der Waals surface area contributed by atoms with Crippen molar-refractivity contribution in [2.45, 2.75) is 109 Å². The SMILES string of the molecule is CC(C)n1cc(CO[Si](C)(C)C(C)(C)C)c(S(=O)(Cl)=N[Si](C)(C)C(C)(C)C)n1. The number of nitrogens with zero attached hydrogens (tertiary/aromatic N) is 3. The fraction of sp³-hybridized carbons (Fsp3) is 0.842. The van der Waals surface area contributed by atoms with E-state index in [1.807, 2.05) is 24.7 Å². The second-order valence-electron chi connectivity index (χ2n) is 10.9. The summed E-state index contributed by atoms with van der Waals surface area (Å²) in [5, 5.41) is 4.99. The number of hydrogen-bond acceptors (Lipinski definition) is 4. The van der Waals surface area contributed by atoms with Gasteiger partial charge in [0.05, 0.1) is 6.61 Å². The molecule has 1 rings (SSSR count). The van der Waals surface area contributed by atoms with Crippen molar-refractivity contribution in [3.8, 4) is 0 Å². The fourth-order valence-corrected chi connectivity index (χ4v) is 9.25. The number of hydrogen-bond donors (Lipinski definition) is 0. The summed E-state index contributed by atoms with van der Waals surface area (Å²) in [4.78, 5) is 0. The quantitative estimate of drug-likeness (QED) is 0.336. The van der Waals surface area contributed by atoms with E-state index < -0.39 is 25.5 Å². The number of halogens is 1. The standard InChI is InChI=1S/C19H40ClN3O2SSi2/c1-15(2)23-13-16(14-25-28(11,12)19(6,7)8)17(21-23)26(20,24)22-27(9,10)18(3,4)5/h13,15H,14H2,1-12H3. The van der Waals surface area contributed by atoms with Gasteiger partial charge in [-0.2, -0.15) is 5.10 Å². The largest absolute Gasteiger partial charge is 0.412 e. The zero-order valence-electron chi connectivity index (χ0n) is 19.8. The van der Waals surface area contributed by atoms with Crippen molar-refractivity contribution in [2.75, 3.05) is 0 Å². The average Bonchev–Trinajstić information content (AvgIpc) is 2.87. The van der Waals surface area contributed by atoms with E-state index in [2.05, 4.69) is 72.8 Å². The van der Waals surface area contributed by atoms with E-state index in [0.717, 1.165) is 5.56 Å². The Balaban J connectivity index is 3.46. The van der Waals surface area contributed by atoms with Crippen molar-refractivity contribution < 1.29 is 8.63 Å². The predicted octanol–water partition coefficient (Wildman–Crippen LogP) is 6.97. The molecule has 0 fully saturated rings. The lowest BCUT2D eigenvalue weighted by Crippen LogP contribution is -2.40. The lowest BCUT2D eigenvalue weighted by molar-refractivity contribution is 0.273. The average molecular weight is 466 g/mol. The molecule has 0 bridgehead atoms. The van der Waals surface area contributed by atoms with Gasteiger partial charge in [0.25, 0.3) is 0 Å². The monoisotopic (exact) mass is 465 g/mol. The highest BCUT2D eigenvalue weighted by molar-refractivity contribution is 8.16. The van der Waals surface area contributed by atoms with Crippen LogP contribution < -0.4 is 0 Å². The molecule has 0 radical (unpaired) electrons. The maximum atomic E-state index is 13.5. The number of aromatic nitrogens is 2. The molecule has 28 heavy (non-hydrogen) atoms. The van der Waals surface area contributed by atoms with Gasteiger partial charge >= 0.3 is 0 Å². The van der Waals surface area contributed by atoms with Gasteiger partial charge in [-0.25, -0.2) is 4.21 Å². The van der Waals surface area contributed by atoms with Gasteiger partial charge in [0.1, 0.15) is 0 Å². The van der Waals surface area contributed by atoms with Crippen LogP contribution in [0.3, 0.4) is 0 Å². The minimum absolute atomic E-state index is 0.0526. The van der Waals surface area contributed by atoms with E-state index in [-0.39, 0.29) is 16.1 Å². The molecule has 0 aliphatic rings. The van der Waals surface area contributed by atoms with Gasteiger partial charge in [0, 0.05) is 28.5 Å².